The van der Waals surface area contributed by atoms with Crippen molar-refractivity contribution >= 4 is 11.7 Å². The maximum absolute atomic E-state index is 12.3. The first-order valence-electron chi connectivity index (χ1n) is 7.46. The third kappa shape index (κ3) is 3.76. The van der Waals surface area contributed by atoms with Gasteiger partial charge in [0.1, 0.15) is 11.6 Å². The van der Waals surface area contributed by atoms with Gasteiger partial charge < -0.3 is 14.6 Å². The molecule has 1 N–H and O–H groups in total. The molecule has 6 heteroatoms. The van der Waals surface area contributed by atoms with Crippen molar-refractivity contribution in [3.63, 3.8) is 0 Å². The van der Waals surface area contributed by atoms with Crippen molar-refractivity contribution in [1.29, 1.82) is 0 Å². The summed E-state index contributed by atoms with van der Waals surface area (Å²) >= 11 is 0. The van der Waals surface area contributed by atoms with Crippen LogP contribution >= 0.6 is 0 Å². The molecule has 2 aromatic heterocycles. The molecule has 0 spiro atoms. The van der Waals surface area contributed by atoms with E-state index in [0.29, 0.717) is 24.0 Å². The number of furan rings is 1. The molecule has 1 atom stereocenters. The fraction of sp³-hybridized carbons (Fsp3) is 0.500. The van der Waals surface area contributed by atoms with E-state index in [4.69, 9.17) is 4.42 Å². The molecule has 0 bridgehead atoms. The fourth-order valence-corrected chi connectivity index (χ4v) is 2.09. The Kier molecular flexibility index (Phi) is 5.03. The maximum Gasteiger partial charge on any atom is 0.292 e. The van der Waals surface area contributed by atoms with Crippen molar-refractivity contribution in [2.45, 2.75) is 33.4 Å². The molecule has 2 aromatic rings. The minimum atomic E-state index is -0.261. The fourth-order valence-electron chi connectivity index (χ4n) is 2.09. The van der Waals surface area contributed by atoms with Gasteiger partial charge in [0.25, 0.3) is 5.91 Å². The smallest absolute Gasteiger partial charge is 0.292 e. The van der Waals surface area contributed by atoms with Crippen LogP contribution in [0.15, 0.2) is 28.8 Å². The first-order chi connectivity index (χ1) is 10.4. The molecule has 2 rings (SSSR count). The van der Waals surface area contributed by atoms with E-state index in [1.807, 2.05) is 29.7 Å². The predicted molar refractivity (Wildman–Crippen MR) is 85.8 cm³/mol. The van der Waals surface area contributed by atoms with Gasteiger partial charge in [-0.1, -0.05) is 13.8 Å². The highest BCUT2D eigenvalue weighted by atomic mass is 16.4. The quantitative estimate of drug-likeness (QED) is 0.891. The van der Waals surface area contributed by atoms with Crippen molar-refractivity contribution in [3.8, 4) is 0 Å². The third-order valence-electron chi connectivity index (χ3n) is 3.62. The van der Waals surface area contributed by atoms with Crippen LogP contribution in [-0.4, -0.2) is 34.7 Å². The topological polar surface area (TPSA) is 63.3 Å². The van der Waals surface area contributed by atoms with Gasteiger partial charge in [0.15, 0.2) is 5.76 Å². The zero-order chi connectivity index (χ0) is 16.3. The first kappa shape index (κ1) is 16.3. The number of nitrogens with zero attached hydrogens (tertiary/aromatic N) is 3. The van der Waals surface area contributed by atoms with E-state index in [-0.39, 0.29) is 11.9 Å². The molecular weight excluding hydrogens is 280 g/mol. The van der Waals surface area contributed by atoms with Crippen LogP contribution < -0.4 is 5.32 Å². The van der Waals surface area contributed by atoms with Gasteiger partial charge in [0.05, 0.1) is 18.8 Å². The number of carbonyl (C=O) groups excluding carboxylic acids is 1. The minimum absolute atomic E-state index is 0.200. The van der Waals surface area contributed by atoms with Gasteiger partial charge in [-0.3, -0.25) is 4.79 Å². The van der Waals surface area contributed by atoms with E-state index in [9.17, 15) is 4.79 Å². The molecule has 22 heavy (non-hydrogen) atoms. The van der Waals surface area contributed by atoms with Gasteiger partial charge in [-0.15, -0.1) is 0 Å². The lowest BCUT2D eigenvalue weighted by molar-refractivity contribution is 0.0992. The molecule has 0 saturated heterocycles. The molecule has 0 radical (unpaired) electrons. The summed E-state index contributed by atoms with van der Waals surface area (Å²) in [5, 5.41) is 7.16. The number of hydrogen-bond donors (Lipinski definition) is 1. The Morgan fingerprint density at radius 3 is 2.68 bits per heavy atom. The summed E-state index contributed by atoms with van der Waals surface area (Å²) in [6.45, 7) is 6.99. The second-order valence-corrected chi connectivity index (χ2v) is 6.10. The van der Waals surface area contributed by atoms with Gasteiger partial charge in [0, 0.05) is 6.07 Å². The summed E-state index contributed by atoms with van der Waals surface area (Å²) in [4.78, 5) is 14.3. The molecule has 0 aliphatic heterocycles. The summed E-state index contributed by atoms with van der Waals surface area (Å²) in [5.41, 5.74) is 0. The Bertz CT molecular complexity index is 628. The number of hydrogen-bond acceptors (Lipinski definition) is 4. The largest absolute Gasteiger partial charge is 0.455 e. The molecule has 2 heterocycles. The van der Waals surface area contributed by atoms with Gasteiger partial charge in [-0.25, -0.2) is 4.68 Å². The second-order valence-electron chi connectivity index (χ2n) is 6.10. The number of rotatable bonds is 6. The Morgan fingerprint density at radius 1 is 1.32 bits per heavy atom. The van der Waals surface area contributed by atoms with Crippen LogP contribution in [0.25, 0.3) is 0 Å². The van der Waals surface area contributed by atoms with E-state index in [0.717, 1.165) is 5.76 Å². The van der Waals surface area contributed by atoms with E-state index in [2.05, 4.69) is 31.2 Å². The summed E-state index contributed by atoms with van der Waals surface area (Å²) in [6, 6.07) is 5.51. The van der Waals surface area contributed by atoms with E-state index in [1.54, 1.807) is 18.3 Å². The first-order valence-corrected chi connectivity index (χ1v) is 7.46. The molecule has 120 valence electrons. The number of aromatic nitrogens is 2. The van der Waals surface area contributed by atoms with Crippen LogP contribution in [0.3, 0.4) is 0 Å². The third-order valence-corrected chi connectivity index (χ3v) is 3.62. The highest BCUT2D eigenvalue weighted by Gasteiger charge is 2.17. The van der Waals surface area contributed by atoms with Crippen LogP contribution in [0.1, 0.15) is 43.1 Å². The lowest BCUT2D eigenvalue weighted by Gasteiger charge is -2.19. The standard InChI is InChI=1S/C16H24N4O2/c1-11(2)12(3)20-15(8-9-17-20)18-16(21)14-7-6-13(22-14)10-19(4)5/h6-9,11-12H,10H2,1-5H3,(H,18,21). The van der Waals surface area contributed by atoms with Crippen molar-refractivity contribution in [2.75, 3.05) is 19.4 Å². The molecular formula is C16H24N4O2. The highest BCUT2D eigenvalue weighted by molar-refractivity contribution is 6.01. The zero-order valence-corrected chi connectivity index (χ0v) is 13.8. The lowest BCUT2D eigenvalue weighted by atomic mass is 10.1. The van der Waals surface area contributed by atoms with Crippen molar-refractivity contribution in [3.05, 3.63) is 35.9 Å². The number of carbonyl (C=O) groups is 1. The lowest BCUT2D eigenvalue weighted by Crippen LogP contribution is -2.19. The van der Waals surface area contributed by atoms with Gasteiger partial charge in [-0.05, 0) is 39.1 Å². The monoisotopic (exact) mass is 304 g/mol. The van der Waals surface area contributed by atoms with Crippen molar-refractivity contribution < 1.29 is 9.21 Å². The highest BCUT2D eigenvalue weighted by Crippen LogP contribution is 2.21. The van der Waals surface area contributed by atoms with Crippen molar-refractivity contribution in [1.82, 2.24) is 14.7 Å². The maximum atomic E-state index is 12.3. The normalized spacial score (nSPS) is 12.9. The van der Waals surface area contributed by atoms with Gasteiger partial charge in [0.2, 0.25) is 0 Å². The molecule has 6 nitrogen and oxygen atoms in total. The molecule has 1 unspecified atom stereocenters. The van der Waals surface area contributed by atoms with E-state index in [1.165, 1.54) is 0 Å². The Labute approximate surface area is 131 Å². The SMILES string of the molecule is CC(C)C(C)n1nccc1NC(=O)c1ccc(CN(C)C)o1. The second kappa shape index (κ2) is 6.79. The summed E-state index contributed by atoms with van der Waals surface area (Å²) in [6.07, 6.45) is 1.69. The Balaban J connectivity index is 2.09. The van der Waals surface area contributed by atoms with Crippen LogP contribution in [0.2, 0.25) is 0 Å². The molecule has 1 amide bonds. The minimum Gasteiger partial charge on any atom is -0.455 e. The molecule has 0 aromatic carbocycles. The number of amides is 1. The molecule has 0 saturated carbocycles. The van der Waals surface area contributed by atoms with Gasteiger partial charge >= 0.3 is 0 Å². The molecule has 0 aliphatic carbocycles. The van der Waals surface area contributed by atoms with E-state index < -0.39 is 0 Å². The van der Waals surface area contributed by atoms with Crippen molar-refractivity contribution in [2.24, 2.45) is 5.92 Å². The van der Waals surface area contributed by atoms with E-state index >= 15 is 0 Å². The average Bonchev–Trinajstić information content (AvgIpc) is 3.06. The molecule has 0 aliphatic rings. The van der Waals surface area contributed by atoms with Crippen LogP contribution in [-0.2, 0) is 6.54 Å². The number of nitrogens with one attached hydrogen (secondary N) is 1. The predicted octanol–water partition coefficient (Wildman–Crippen LogP) is 3.01. The van der Waals surface area contributed by atoms with Crippen LogP contribution in [0, 0.1) is 5.92 Å². The average molecular weight is 304 g/mol. The van der Waals surface area contributed by atoms with Crippen LogP contribution in [0.5, 0.6) is 0 Å². The Hall–Kier alpha value is -2.08. The van der Waals surface area contributed by atoms with Crippen LogP contribution in [0.4, 0.5) is 5.82 Å². The summed E-state index contributed by atoms with van der Waals surface area (Å²) in [7, 11) is 3.91. The molecule has 0 fully saturated rings. The Morgan fingerprint density at radius 2 is 2.05 bits per heavy atom. The summed E-state index contributed by atoms with van der Waals surface area (Å²) < 4.78 is 7.40. The summed E-state index contributed by atoms with van der Waals surface area (Å²) in [5.74, 6) is 1.91. The zero-order valence-electron chi connectivity index (χ0n) is 13.8. The van der Waals surface area contributed by atoms with Gasteiger partial charge in [-0.2, -0.15) is 5.10 Å². The number of anilines is 1.